The lowest BCUT2D eigenvalue weighted by molar-refractivity contribution is -0.253. The quantitative estimate of drug-likeness (QED) is 0.127. The maximum absolute atomic E-state index is 12.4. The number of urea groups is 1. The van der Waals surface area contributed by atoms with Crippen molar-refractivity contribution in [3.05, 3.63) is 167 Å². The molecule has 1 saturated heterocycles. The van der Waals surface area contributed by atoms with Gasteiger partial charge in [0.2, 0.25) is 0 Å². The van der Waals surface area contributed by atoms with Gasteiger partial charge in [-0.3, -0.25) is 4.90 Å². The highest BCUT2D eigenvalue weighted by atomic mass is 16.7. The van der Waals surface area contributed by atoms with Gasteiger partial charge in [-0.2, -0.15) is 0 Å². The summed E-state index contributed by atoms with van der Waals surface area (Å²) in [6, 6.07) is 45.0. The number of aliphatic hydroxyl groups is 1. The van der Waals surface area contributed by atoms with Gasteiger partial charge in [0.1, 0.15) is 0 Å². The molecule has 0 spiro atoms. The standard InChI is InChI=1S/C42H45N3O4/c1-30(34-13-7-4-8-14-34)45(2)28-39-25-40(36-18-16-32(29-46)17-19-36)49-41(48-39)37-22-20-35(21-23-37)38-15-9-12-33(24-38)27-44-42(47)43-26-31-10-5-3-6-11-31/h3-24,30,39-41,46H,25-29H2,1-2H3,(H2,43,44,47)/t30-,39+,40-,41-/m0/s1. The summed E-state index contributed by atoms with van der Waals surface area (Å²) in [6.07, 6.45) is 0.00170. The van der Waals surface area contributed by atoms with Crippen LogP contribution in [0.3, 0.4) is 0 Å². The number of ether oxygens (including phenoxy) is 2. The van der Waals surface area contributed by atoms with Gasteiger partial charge in [0.25, 0.3) is 0 Å². The van der Waals surface area contributed by atoms with Gasteiger partial charge < -0.3 is 25.2 Å². The third-order valence-corrected chi connectivity index (χ3v) is 9.24. The van der Waals surface area contributed by atoms with Gasteiger partial charge >= 0.3 is 6.03 Å². The van der Waals surface area contributed by atoms with Crippen molar-refractivity contribution in [3.63, 3.8) is 0 Å². The highest BCUT2D eigenvalue weighted by Crippen LogP contribution is 2.39. The second-order valence-corrected chi connectivity index (χ2v) is 12.7. The molecule has 2 amide bonds. The molecule has 7 heteroatoms. The Hall–Kier alpha value is -4.79. The van der Waals surface area contributed by atoms with Crippen molar-refractivity contribution in [2.24, 2.45) is 0 Å². The number of hydrogen-bond donors (Lipinski definition) is 3. The van der Waals surface area contributed by atoms with Crippen molar-refractivity contribution in [1.29, 1.82) is 0 Å². The second-order valence-electron chi connectivity index (χ2n) is 12.7. The zero-order valence-corrected chi connectivity index (χ0v) is 28.2. The first-order chi connectivity index (χ1) is 23.9. The summed E-state index contributed by atoms with van der Waals surface area (Å²) in [4.78, 5) is 14.7. The summed E-state index contributed by atoms with van der Waals surface area (Å²) < 4.78 is 13.2. The molecule has 0 radical (unpaired) electrons. The van der Waals surface area contributed by atoms with Gasteiger partial charge in [-0.15, -0.1) is 0 Å². The summed E-state index contributed by atoms with van der Waals surface area (Å²) in [5, 5.41) is 15.4. The molecule has 49 heavy (non-hydrogen) atoms. The summed E-state index contributed by atoms with van der Waals surface area (Å²) in [5.74, 6) is 0. The maximum Gasteiger partial charge on any atom is 0.315 e. The number of nitrogens with zero attached hydrogens (tertiary/aromatic N) is 1. The number of carbonyl (C=O) groups excluding carboxylic acids is 1. The van der Waals surface area contributed by atoms with Crippen molar-refractivity contribution < 1.29 is 19.4 Å². The summed E-state index contributed by atoms with van der Waals surface area (Å²) in [6.45, 7) is 3.90. The van der Waals surface area contributed by atoms with Crippen molar-refractivity contribution >= 4 is 6.03 Å². The first-order valence-corrected chi connectivity index (χ1v) is 17.0. The molecular weight excluding hydrogens is 610 g/mol. The van der Waals surface area contributed by atoms with Crippen LogP contribution in [0, 0.1) is 0 Å². The molecule has 3 N–H and O–H groups in total. The molecule has 0 saturated carbocycles. The maximum atomic E-state index is 12.4. The number of aliphatic hydroxyl groups excluding tert-OH is 1. The SMILES string of the molecule is C[C@@H](c1ccccc1)N(C)C[C@H]1C[C@@H](c2ccc(CO)cc2)O[C@@H](c2ccc(-c3cccc(CNC(=O)NCc4ccccc4)c3)cc2)O1. The molecule has 1 aliphatic heterocycles. The van der Waals surface area contributed by atoms with E-state index in [1.54, 1.807) is 0 Å². The van der Waals surface area contributed by atoms with Crippen LogP contribution < -0.4 is 10.6 Å². The van der Waals surface area contributed by atoms with E-state index in [0.29, 0.717) is 13.1 Å². The van der Waals surface area contributed by atoms with E-state index in [1.807, 2.05) is 72.8 Å². The zero-order chi connectivity index (χ0) is 34.0. The van der Waals surface area contributed by atoms with Crippen LogP contribution in [0.25, 0.3) is 11.1 Å². The molecule has 4 atom stereocenters. The van der Waals surface area contributed by atoms with E-state index in [2.05, 4.69) is 90.2 Å². The van der Waals surface area contributed by atoms with Gasteiger partial charge in [0, 0.05) is 37.7 Å². The molecular formula is C42H45N3O4. The molecule has 1 fully saturated rings. The zero-order valence-electron chi connectivity index (χ0n) is 28.2. The Morgan fingerprint density at radius 3 is 2.06 bits per heavy atom. The first-order valence-electron chi connectivity index (χ1n) is 17.0. The molecule has 6 rings (SSSR count). The van der Waals surface area contributed by atoms with Crippen LogP contribution in [0.2, 0.25) is 0 Å². The van der Waals surface area contributed by atoms with Crippen molar-refractivity contribution in [2.75, 3.05) is 13.6 Å². The van der Waals surface area contributed by atoms with Gasteiger partial charge in [-0.1, -0.05) is 127 Å². The minimum Gasteiger partial charge on any atom is -0.392 e. The predicted molar refractivity (Wildman–Crippen MR) is 193 cm³/mol. The van der Waals surface area contributed by atoms with Crippen LogP contribution in [-0.2, 0) is 29.2 Å². The fourth-order valence-electron chi connectivity index (χ4n) is 6.21. The van der Waals surface area contributed by atoms with E-state index in [9.17, 15) is 9.90 Å². The minimum atomic E-state index is -0.527. The first kappa shape index (κ1) is 34.1. The van der Waals surface area contributed by atoms with Gasteiger partial charge in [-0.25, -0.2) is 4.79 Å². The van der Waals surface area contributed by atoms with Crippen LogP contribution in [0.4, 0.5) is 4.79 Å². The number of nitrogens with one attached hydrogen (secondary N) is 2. The van der Waals surface area contributed by atoms with Crippen LogP contribution >= 0.6 is 0 Å². The third-order valence-electron chi connectivity index (χ3n) is 9.24. The summed E-state index contributed by atoms with van der Waals surface area (Å²) >= 11 is 0. The average Bonchev–Trinajstić information content (AvgIpc) is 3.16. The average molecular weight is 656 g/mol. The Kier molecular flexibility index (Phi) is 11.5. The molecule has 5 aromatic rings. The number of carbonyl (C=O) groups is 1. The van der Waals surface area contributed by atoms with E-state index < -0.39 is 6.29 Å². The molecule has 0 aliphatic carbocycles. The molecule has 0 bridgehead atoms. The number of benzene rings is 5. The van der Waals surface area contributed by atoms with E-state index in [1.165, 1.54) is 5.56 Å². The number of amides is 2. The Labute approximate surface area is 289 Å². The van der Waals surface area contributed by atoms with Gasteiger partial charge in [0.15, 0.2) is 6.29 Å². The largest absolute Gasteiger partial charge is 0.392 e. The normalized spacial score (nSPS) is 18.2. The van der Waals surface area contributed by atoms with Crippen molar-refractivity contribution in [2.45, 2.75) is 57.6 Å². The van der Waals surface area contributed by atoms with Gasteiger partial charge in [0.05, 0.1) is 18.8 Å². The molecule has 0 unspecified atom stereocenters. The van der Waals surface area contributed by atoms with Crippen LogP contribution in [0.5, 0.6) is 0 Å². The molecule has 252 valence electrons. The number of likely N-dealkylation sites (N-methyl/N-ethyl adjacent to an activating group) is 1. The lowest BCUT2D eigenvalue weighted by Crippen LogP contribution is -2.38. The summed E-state index contributed by atoms with van der Waals surface area (Å²) in [5.41, 5.74) is 8.38. The monoisotopic (exact) mass is 655 g/mol. The van der Waals surface area contributed by atoms with E-state index >= 15 is 0 Å². The van der Waals surface area contributed by atoms with E-state index in [0.717, 1.165) is 51.9 Å². The fraction of sp³-hybridized carbons (Fsp3) is 0.262. The molecule has 1 aliphatic rings. The highest BCUT2D eigenvalue weighted by Gasteiger charge is 2.33. The van der Waals surface area contributed by atoms with Crippen LogP contribution in [0.15, 0.2) is 133 Å². The Morgan fingerprint density at radius 2 is 1.37 bits per heavy atom. The molecule has 1 heterocycles. The fourth-order valence-corrected chi connectivity index (χ4v) is 6.21. The van der Waals surface area contributed by atoms with Crippen molar-refractivity contribution in [1.82, 2.24) is 15.5 Å². The third kappa shape index (κ3) is 9.22. The van der Waals surface area contributed by atoms with Crippen molar-refractivity contribution in [3.8, 4) is 11.1 Å². The Bertz CT molecular complexity index is 1760. The number of hydrogen-bond acceptors (Lipinski definition) is 5. The lowest BCUT2D eigenvalue weighted by atomic mass is 9.98. The highest BCUT2D eigenvalue weighted by molar-refractivity contribution is 5.74. The van der Waals surface area contributed by atoms with E-state index in [-0.39, 0.29) is 30.9 Å². The van der Waals surface area contributed by atoms with Crippen LogP contribution in [-0.4, -0.2) is 35.7 Å². The minimum absolute atomic E-state index is 0.0121. The van der Waals surface area contributed by atoms with Crippen LogP contribution in [0.1, 0.15) is 65.2 Å². The molecule has 5 aromatic carbocycles. The Morgan fingerprint density at radius 1 is 0.735 bits per heavy atom. The molecule has 7 nitrogen and oxygen atoms in total. The van der Waals surface area contributed by atoms with E-state index in [4.69, 9.17) is 9.47 Å². The summed E-state index contributed by atoms with van der Waals surface area (Å²) in [7, 11) is 2.14. The topological polar surface area (TPSA) is 83.1 Å². The molecule has 0 aromatic heterocycles. The smallest absolute Gasteiger partial charge is 0.315 e. The second kappa shape index (κ2) is 16.5. The predicted octanol–water partition coefficient (Wildman–Crippen LogP) is 8.08. The Balaban J connectivity index is 1.12. The van der Waals surface area contributed by atoms with Gasteiger partial charge in [-0.05, 0) is 59.0 Å². The lowest BCUT2D eigenvalue weighted by Gasteiger charge is -2.39. The number of rotatable bonds is 12.